The molecule has 48 heavy (non-hydrogen) atoms. The lowest BCUT2D eigenvalue weighted by Gasteiger charge is -2.41. The van der Waals surface area contributed by atoms with E-state index in [-0.39, 0.29) is 29.7 Å². The van der Waals surface area contributed by atoms with Crippen LogP contribution in [0.3, 0.4) is 0 Å². The lowest BCUT2D eigenvalue weighted by atomic mass is 9.81. The average Bonchev–Trinajstić information content (AvgIpc) is 3.00. The molecule has 0 unspecified atom stereocenters. The Bertz CT molecular complexity index is 1570. The molecular formula is C40H54FN3O4. The number of halogens is 1. The fraction of sp³-hybridized carbons (Fsp3) is 0.525. The average molecular weight is 660 g/mol. The number of nitrogens with zero attached hydrogens (tertiary/aromatic N) is 3. The summed E-state index contributed by atoms with van der Waals surface area (Å²) in [5.41, 5.74) is 6.76. The van der Waals surface area contributed by atoms with Crippen LogP contribution in [-0.4, -0.2) is 47.1 Å². The molecule has 0 bridgehead atoms. The van der Waals surface area contributed by atoms with Gasteiger partial charge in [0.05, 0.1) is 17.9 Å². The van der Waals surface area contributed by atoms with Crippen LogP contribution in [-0.2, 0) is 32.2 Å². The molecule has 8 heteroatoms. The maximum Gasteiger partial charge on any atom is 0.340 e. The molecule has 0 radical (unpaired) electrons. The number of hydrogen-bond acceptors (Lipinski definition) is 6. The van der Waals surface area contributed by atoms with Crippen LogP contribution in [0.2, 0.25) is 0 Å². The molecule has 1 amide bonds. The van der Waals surface area contributed by atoms with Gasteiger partial charge in [0.1, 0.15) is 5.82 Å². The van der Waals surface area contributed by atoms with E-state index in [4.69, 9.17) is 14.5 Å². The lowest BCUT2D eigenvalue weighted by Crippen LogP contribution is -2.39. The van der Waals surface area contributed by atoms with Gasteiger partial charge < -0.3 is 19.3 Å². The molecule has 260 valence electrons. The summed E-state index contributed by atoms with van der Waals surface area (Å²) < 4.78 is 25.6. The van der Waals surface area contributed by atoms with E-state index in [2.05, 4.69) is 43.0 Å². The maximum absolute atomic E-state index is 13.6. The van der Waals surface area contributed by atoms with Gasteiger partial charge in [-0.05, 0) is 88.6 Å². The van der Waals surface area contributed by atoms with Crippen molar-refractivity contribution in [1.29, 1.82) is 0 Å². The summed E-state index contributed by atoms with van der Waals surface area (Å²) in [6, 6.07) is 14.6. The van der Waals surface area contributed by atoms with Gasteiger partial charge in [0.15, 0.2) is 6.10 Å². The van der Waals surface area contributed by atoms with Gasteiger partial charge in [-0.2, -0.15) is 0 Å². The van der Waals surface area contributed by atoms with Crippen molar-refractivity contribution in [3.05, 3.63) is 82.4 Å². The standard InChI is InChI=1S/C40H54FN3O4/c1-11-47-38(46)36(48-39(6,7)8)34-28(5)42-27(4)33(35(34)43-22-20-40(9,10)21-23-43)31-16-12-29(13-17-31)24-44(37(45)26(2)3)25-30-14-18-32(41)19-15-30/h12-19,26,36H,11,20-25H2,1-10H3/t36-/m0/s1. The minimum Gasteiger partial charge on any atom is -0.464 e. The number of anilines is 1. The third kappa shape index (κ3) is 9.22. The van der Waals surface area contributed by atoms with Gasteiger partial charge in [0, 0.05) is 54.6 Å². The molecular weight excluding hydrogens is 605 g/mol. The van der Waals surface area contributed by atoms with Crippen LogP contribution in [0.4, 0.5) is 10.1 Å². The normalized spacial score (nSPS) is 15.4. The van der Waals surface area contributed by atoms with E-state index in [1.807, 2.05) is 60.3 Å². The Hall–Kier alpha value is -3.78. The van der Waals surface area contributed by atoms with E-state index in [1.165, 1.54) is 12.1 Å². The summed E-state index contributed by atoms with van der Waals surface area (Å²) in [5, 5.41) is 0. The monoisotopic (exact) mass is 659 g/mol. The van der Waals surface area contributed by atoms with Crippen molar-refractivity contribution in [1.82, 2.24) is 9.88 Å². The molecule has 0 saturated carbocycles. The topological polar surface area (TPSA) is 72.0 Å². The fourth-order valence-electron chi connectivity index (χ4n) is 6.35. The third-order valence-corrected chi connectivity index (χ3v) is 8.95. The zero-order chi connectivity index (χ0) is 35.4. The van der Waals surface area contributed by atoms with Crippen LogP contribution in [0, 0.1) is 31.0 Å². The van der Waals surface area contributed by atoms with Gasteiger partial charge in [0.2, 0.25) is 5.91 Å². The number of carbonyl (C=O) groups is 2. The van der Waals surface area contributed by atoms with Gasteiger partial charge in [0.25, 0.3) is 0 Å². The number of aromatic nitrogens is 1. The quantitative estimate of drug-likeness (QED) is 0.192. The Morgan fingerprint density at radius 3 is 1.98 bits per heavy atom. The molecule has 7 nitrogen and oxygen atoms in total. The zero-order valence-corrected chi connectivity index (χ0v) is 30.6. The summed E-state index contributed by atoms with van der Waals surface area (Å²) >= 11 is 0. The van der Waals surface area contributed by atoms with Crippen molar-refractivity contribution in [3.63, 3.8) is 0 Å². The SMILES string of the molecule is CCOC(=O)[C@@H](OC(C)(C)C)c1c(C)nc(C)c(-c2ccc(CN(Cc3ccc(F)cc3)C(=O)C(C)C)cc2)c1N1CCC(C)(C)CC1. The van der Waals surface area contributed by atoms with Gasteiger partial charge >= 0.3 is 5.97 Å². The van der Waals surface area contributed by atoms with Crippen molar-refractivity contribution < 1.29 is 23.5 Å². The van der Waals surface area contributed by atoms with Crippen LogP contribution < -0.4 is 4.90 Å². The van der Waals surface area contributed by atoms with Crippen LogP contribution in [0.25, 0.3) is 11.1 Å². The largest absolute Gasteiger partial charge is 0.464 e. The van der Waals surface area contributed by atoms with Crippen molar-refractivity contribution in [2.75, 3.05) is 24.6 Å². The molecule has 2 heterocycles. The molecule has 4 rings (SSSR count). The smallest absolute Gasteiger partial charge is 0.340 e. The van der Waals surface area contributed by atoms with Gasteiger partial charge in [-0.1, -0.05) is 64.1 Å². The first kappa shape index (κ1) is 37.0. The maximum atomic E-state index is 13.6. The van der Waals surface area contributed by atoms with Crippen molar-refractivity contribution in [3.8, 4) is 11.1 Å². The Labute approximate surface area is 286 Å². The second kappa shape index (κ2) is 15.2. The molecule has 0 aliphatic carbocycles. The first-order chi connectivity index (χ1) is 22.5. The van der Waals surface area contributed by atoms with Crippen LogP contribution in [0.15, 0.2) is 48.5 Å². The molecule has 1 atom stereocenters. The van der Waals surface area contributed by atoms with Crippen molar-refractivity contribution >= 4 is 17.6 Å². The predicted octanol–water partition coefficient (Wildman–Crippen LogP) is 8.74. The Kier molecular flexibility index (Phi) is 11.7. The highest BCUT2D eigenvalue weighted by molar-refractivity contribution is 5.88. The van der Waals surface area contributed by atoms with Crippen molar-refractivity contribution in [2.24, 2.45) is 11.3 Å². The summed E-state index contributed by atoms with van der Waals surface area (Å²) in [7, 11) is 0. The second-order valence-electron chi connectivity index (χ2n) is 15.1. The predicted molar refractivity (Wildman–Crippen MR) is 190 cm³/mol. The van der Waals surface area contributed by atoms with E-state index < -0.39 is 17.7 Å². The number of benzene rings is 2. The van der Waals surface area contributed by atoms with E-state index >= 15 is 0 Å². The number of piperidine rings is 1. The number of amides is 1. The third-order valence-electron chi connectivity index (χ3n) is 8.95. The van der Waals surface area contributed by atoms with E-state index in [0.29, 0.717) is 13.1 Å². The highest BCUT2D eigenvalue weighted by Crippen LogP contribution is 2.45. The summed E-state index contributed by atoms with van der Waals surface area (Å²) in [6.45, 7) is 22.8. The molecule has 2 aromatic carbocycles. The van der Waals surface area contributed by atoms with Crippen LogP contribution in [0.5, 0.6) is 0 Å². The molecule has 1 saturated heterocycles. The summed E-state index contributed by atoms with van der Waals surface area (Å²) in [6.07, 6.45) is 1.09. The highest BCUT2D eigenvalue weighted by Gasteiger charge is 2.37. The van der Waals surface area contributed by atoms with Gasteiger partial charge in [-0.25, -0.2) is 9.18 Å². The number of carbonyl (C=O) groups excluding carboxylic acids is 2. The van der Waals surface area contributed by atoms with E-state index in [9.17, 15) is 14.0 Å². The van der Waals surface area contributed by atoms with Gasteiger partial charge in [-0.15, -0.1) is 0 Å². The Balaban J connectivity index is 1.80. The minimum absolute atomic E-state index is 0.0331. The number of aryl methyl sites for hydroxylation is 2. The van der Waals surface area contributed by atoms with Gasteiger partial charge in [-0.3, -0.25) is 9.78 Å². The summed E-state index contributed by atoms with van der Waals surface area (Å²) in [5.74, 6) is -0.863. The van der Waals surface area contributed by atoms with Crippen LogP contribution >= 0.6 is 0 Å². The first-order valence-corrected chi connectivity index (χ1v) is 17.2. The molecule has 3 aromatic rings. The van der Waals surface area contributed by atoms with Crippen LogP contribution in [0.1, 0.15) is 102 Å². The minimum atomic E-state index is -0.942. The molecule has 1 aromatic heterocycles. The molecule has 0 spiro atoms. The molecule has 1 aliphatic rings. The highest BCUT2D eigenvalue weighted by atomic mass is 19.1. The number of esters is 1. The van der Waals surface area contributed by atoms with E-state index in [1.54, 1.807) is 12.1 Å². The van der Waals surface area contributed by atoms with E-state index in [0.717, 1.165) is 70.8 Å². The number of ether oxygens (including phenoxy) is 2. The van der Waals surface area contributed by atoms with Crippen molar-refractivity contribution in [2.45, 2.75) is 107 Å². The molecule has 0 N–H and O–H groups in total. The lowest BCUT2D eigenvalue weighted by molar-refractivity contribution is -0.166. The molecule has 1 fully saturated rings. The Morgan fingerprint density at radius 1 is 0.938 bits per heavy atom. The number of hydrogen-bond donors (Lipinski definition) is 0. The fourth-order valence-corrected chi connectivity index (χ4v) is 6.35. The second-order valence-corrected chi connectivity index (χ2v) is 15.1. The first-order valence-electron chi connectivity index (χ1n) is 17.2. The Morgan fingerprint density at radius 2 is 1.48 bits per heavy atom. The zero-order valence-electron chi connectivity index (χ0n) is 30.6. The molecule has 1 aliphatic heterocycles. The number of pyridine rings is 1. The summed E-state index contributed by atoms with van der Waals surface area (Å²) in [4.78, 5) is 36.1. The number of rotatable bonds is 11.